The summed E-state index contributed by atoms with van der Waals surface area (Å²) < 4.78 is 13.9. The van der Waals surface area contributed by atoms with Gasteiger partial charge < -0.3 is 5.11 Å². The molecule has 0 saturated carbocycles. The second-order valence-electron chi connectivity index (χ2n) is 4.20. The summed E-state index contributed by atoms with van der Waals surface area (Å²) in [5.74, 6) is 0.0990. The van der Waals surface area contributed by atoms with Gasteiger partial charge >= 0.3 is 5.97 Å². The Kier molecular flexibility index (Phi) is 4.62. The standard InChI is InChI=1S/C13H15N3O3S/c1-2-16-12(14-9-15-16)8-20(19)11-5-3-10(4-6-11)7-13(17)18/h3-6,9H,2,7-8H2,1H3,(H,17,18). The minimum absolute atomic E-state index is 0.0307. The number of aliphatic carboxylic acids is 1. The van der Waals surface area contributed by atoms with Gasteiger partial charge in [0.15, 0.2) is 0 Å². The zero-order valence-corrected chi connectivity index (χ0v) is 11.8. The third-order valence-corrected chi connectivity index (χ3v) is 4.12. The van der Waals surface area contributed by atoms with Gasteiger partial charge in [0.25, 0.3) is 0 Å². The number of nitrogens with zero attached hydrogens (tertiary/aromatic N) is 3. The second kappa shape index (κ2) is 6.42. The summed E-state index contributed by atoms with van der Waals surface area (Å²) in [6.07, 6.45) is 1.42. The predicted molar refractivity (Wildman–Crippen MR) is 73.6 cm³/mol. The van der Waals surface area contributed by atoms with Crippen LogP contribution in [0.25, 0.3) is 0 Å². The smallest absolute Gasteiger partial charge is 0.307 e. The molecule has 1 N–H and O–H groups in total. The first kappa shape index (κ1) is 14.4. The molecule has 0 amide bonds. The van der Waals surface area contributed by atoms with Crippen molar-refractivity contribution in [3.63, 3.8) is 0 Å². The molecule has 7 heteroatoms. The summed E-state index contributed by atoms with van der Waals surface area (Å²) in [5, 5.41) is 12.7. The average molecular weight is 293 g/mol. The van der Waals surface area contributed by atoms with Gasteiger partial charge in [0.2, 0.25) is 0 Å². The first-order valence-corrected chi connectivity index (χ1v) is 7.48. The highest BCUT2D eigenvalue weighted by Gasteiger charge is 2.10. The van der Waals surface area contributed by atoms with Crippen LogP contribution in [-0.4, -0.2) is 30.0 Å². The van der Waals surface area contributed by atoms with E-state index in [1.807, 2.05) is 6.92 Å². The van der Waals surface area contributed by atoms with Crippen molar-refractivity contribution in [2.24, 2.45) is 0 Å². The fraction of sp³-hybridized carbons (Fsp3) is 0.308. The number of carboxylic acid groups (broad SMARTS) is 1. The molecule has 2 aromatic rings. The van der Waals surface area contributed by atoms with E-state index in [4.69, 9.17) is 5.11 Å². The number of aromatic nitrogens is 3. The molecule has 1 unspecified atom stereocenters. The minimum atomic E-state index is -1.22. The maximum Gasteiger partial charge on any atom is 0.307 e. The number of carbonyl (C=O) groups is 1. The molecule has 106 valence electrons. The SMILES string of the molecule is CCn1ncnc1CS(=O)c1ccc(CC(=O)O)cc1. The van der Waals surface area contributed by atoms with Gasteiger partial charge in [-0.1, -0.05) is 12.1 Å². The molecule has 0 aliphatic heterocycles. The Morgan fingerprint density at radius 2 is 2.05 bits per heavy atom. The molecule has 2 rings (SSSR count). The van der Waals surface area contributed by atoms with Crippen LogP contribution in [0.2, 0.25) is 0 Å². The molecule has 0 spiro atoms. The molecule has 1 atom stereocenters. The Morgan fingerprint density at radius 3 is 2.65 bits per heavy atom. The molecular formula is C13H15N3O3S. The van der Waals surface area contributed by atoms with Crippen molar-refractivity contribution in [1.29, 1.82) is 0 Å². The Morgan fingerprint density at radius 1 is 1.35 bits per heavy atom. The lowest BCUT2D eigenvalue weighted by Crippen LogP contribution is -2.07. The molecule has 0 radical (unpaired) electrons. The maximum absolute atomic E-state index is 12.2. The minimum Gasteiger partial charge on any atom is -0.481 e. The maximum atomic E-state index is 12.2. The number of aryl methyl sites for hydroxylation is 1. The molecule has 0 aliphatic carbocycles. The van der Waals surface area contributed by atoms with Gasteiger partial charge in [-0.25, -0.2) is 9.67 Å². The van der Waals surface area contributed by atoms with Gasteiger partial charge in [-0.05, 0) is 24.6 Å². The van der Waals surface area contributed by atoms with Crippen LogP contribution in [0.1, 0.15) is 18.3 Å². The van der Waals surface area contributed by atoms with Crippen LogP contribution in [0.15, 0.2) is 35.5 Å². The Bertz CT molecular complexity index is 622. The van der Waals surface area contributed by atoms with Crippen LogP contribution in [0, 0.1) is 0 Å². The topological polar surface area (TPSA) is 85.1 Å². The zero-order valence-electron chi connectivity index (χ0n) is 11.0. The number of benzene rings is 1. The lowest BCUT2D eigenvalue weighted by Gasteiger charge is -2.04. The van der Waals surface area contributed by atoms with E-state index in [1.54, 1.807) is 28.9 Å². The molecule has 0 fully saturated rings. The summed E-state index contributed by atoms with van der Waals surface area (Å²) in [6.45, 7) is 2.63. The summed E-state index contributed by atoms with van der Waals surface area (Å²) in [4.78, 5) is 15.3. The third kappa shape index (κ3) is 3.51. The van der Waals surface area contributed by atoms with E-state index in [9.17, 15) is 9.00 Å². The largest absolute Gasteiger partial charge is 0.481 e. The highest BCUT2D eigenvalue weighted by molar-refractivity contribution is 7.84. The number of carboxylic acids is 1. The van der Waals surface area contributed by atoms with Crippen LogP contribution in [-0.2, 0) is 34.3 Å². The van der Waals surface area contributed by atoms with Gasteiger partial charge in [-0.3, -0.25) is 9.00 Å². The lowest BCUT2D eigenvalue weighted by molar-refractivity contribution is -0.136. The molecule has 20 heavy (non-hydrogen) atoms. The van der Waals surface area contributed by atoms with Gasteiger partial charge in [0.05, 0.1) is 23.0 Å². The summed E-state index contributed by atoms with van der Waals surface area (Å²) in [5.41, 5.74) is 0.690. The Balaban J connectivity index is 2.08. The lowest BCUT2D eigenvalue weighted by atomic mass is 10.2. The summed E-state index contributed by atoms with van der Waals surface area (Å²) in [7, 11) is -1.22. The monoisotopic (exact) mass is 293 g/mol. The second-order valence-corrected chi connectivity index (χ2v) is 5.65. The fourth-order valence-corrected chi connectivity index (χ4v) is 2.86. The first-order chi connectivity index (χ1) is 9.60. The van der Waals surface area contributed by atoms with Gasteiger partial charge in [0, 0.05) is 11.4 Å². The highest BCUT2D eigenvalue weighted by atomic mass is 32.2. The fourth-order valence-electron chi connectivity index (χ4n) is 1.80. The van der Waals surface area contributed by atoms with Crippen LogP contribution in [0.5, 0.6) is 0 Å². The molecule has 0 saturated heterocycles. The van der Waals surface area contributed by atoms with Crippen LogP contribution in [0.3, 0.4) is 0 Å². The molecule has 0 bridgehead atoms. The normalized spacial score (nSPS) is 12.2. The molecular weight excluding hydrogens is 278 g/mol. The van der Waals surface area contributed by atoms with Crippen LogP contribution < -0.4 is 0 Å². The first-order valence-electron chi connectivity index (χ1n) is 6.16. The average Bonchev–Trinajstić information content (AvgIpc) is 2.86. The number of hydrogen-bond acceptors (Lipinski definition) is 4. The van der Waals surface area contributed by atoms with Crippen molar-refractivity contribution >= 4 is 16.8 Å². The van der Waals surface area contributed by atoms with Crippen LogP contribution >= 0.6 is 0 Å². The van der Waals surface area contributed by atoms with E-state index >= 15 is 0 Å². The Labute approximate surface area is 118 Å². The van der Waals surface area contributed by atoms with Crippen molar-refractivity contribution < 1.29 is 14.1 Å². The van der Waals surface area contributed by atoms with Crippen molar-refractivity contribution in [3.05, 3.63) is 42.0 Å². The number of hydrogen-bond donors (Lipinski definition) is 1. The highest BCUT2D eigenvalue weighted by Crippen LogP contribution is 2.13. The van der Waals surface area contributed by atoms with Crippen molar-refractivity contribution in [2.45, 2.75) is 30.5 Å². The van der Waals surface area contributed by atoms with E-state index in [-0.39, 0.29) is 6.42 Å². The van der Waals surface area contributed by atoms with Gasteiger partial charge in [-0.2, -0.15) is 5.10 Å². The molecule has 1 aromatic heterocycles. The third-order valence-electron chi connectivity index (χ3n) is 2.80. The van der Waals surface area contributed by atoms with Gasteiger partial charge in [-0.15, -0.1) is 0 Å². The molecule has 6 nitrogen and oxygen atoms in total. The number of rotatable bonds is 6. The van der Waals surface area contributed by atoms with E-state index in [0.29, 0.717) is 28.6 Å². The van der Waals surface area contributed by atoms with Crippen molar-refractivity contribution in [3.8, 4) is 0 Å². The predicted octanol–water partition coefficient (Wildman–Crippen LogP) is 1.23. The summed E-state index contributed by atoms with van der Waals surface area (Å²) in [6, 6.07) is 6.76. The van der Waals surface area contributed by atoms with Crippen LogP contribution in [0.4, 0.5) is 0 Å². The van der Waals surface area contributed by atoms with Gasteiger partial charge in [0.1, 0.15) is 12.2 Å². The summed E-state index contributed by atoms with van der Waals surface area (Å²) >= 11 is 0. The van der Waals surface area contributed by atoms with E-state index < -0.39 is 16.8 Å². The van der Waals surface area contributed by atoms with E-state index in [2.05, 4.69) is 10.1 Å². The Hall–Kier alpha value is -2.02. The van der Waals surface area contributed by atoms with E-state index in [0.717, 1.165) is 0 Å². The quantitative estimate of drug-likeness (QED) is 0.866. The van der Waals surface area contributed by atoms with E-state index in [1.165, 1.54) is 6.33 Å². The molecule has 1 heterocycles. The van der Waals surface area contributed by atoms with Crippen molar-refractivity contribution in [1.82, 2.24) is 14.8 Å². The zero-order chi connectivity index (χ0) is 14.5. The van der Waals surface area contributed by atoms with Crippen molar-refractivity contribution in [2.75, 3.05) is 0 Å². The molecule has 1 aromatic carbocycles. The molecule has 0 aliphatic rings.